The quantitative estimate of drug-likeness (QED) is 0.449. The van der Waals surface area contributed by atoms with E-state index in [1.165, 1.54) is 6.08 Å². The van der Waals surface area contributed by atoms with Crippen molar-refractivity contribution in [1.82, 2.24) is 0 Å². The maximum Gasteiger partial charge on any atom is 0.175 e. The molecule has 0 bridgehead atoms. The number of hydrogen-bond donors (Lipinski definition) is 0. The molecule has 0 radical (unpaired) electrons. The molecule has 7 heteroatoms. The number of Topliss-reactive ketones (excluding diaryl/α,β-unsaturated/α-hetero) is 1. The number of rotatable bonds is 8. The van der Waals surface area contributed by atoms with Crippen molar-refractivity contribution in [3.63, 3.8) is 0 Å². The van der Waals surface area contributed by atoms with Gasteiger partial charge in [-0.05, 0) is 42.5 Å². The van der Waals surface area contributed by atoms with Crippen molar-refractivity contribution in [3.05, 3.63) is 58.1 Å². The maximum absolute atomic E-state index is 11.9. The number of carbonyl (C=O) groups is 1. The number of ether oxygens (including phenoxy) is 3. The summed E-state index contributed by atoms with van der Waals surface area (Å²) in [5.41, 5.74) is -0.428. The number of ketones is 1. The fraction of sp³-hybridized carbons (Fsp3) is 0.286. The van der Waals surface area contributed by atoms with Crippen LogP contribution in [-0.2, 0) is 4.79 Å². The highest BCUT2D eigenvalue weighted by molar-refractivity contribution is 6.55. The van der Waals surface area contributed by atoms with Crippen molar-refractivity contribution in [1.29, 1.82) is 0 Å². The van der Waals surface area contributed by atoms with E-state index >= 15 is 0 Å². The standard InChI is InChI=1S/C21H21Cl3O4/c1-21(2,3)19(25)13-27-14-4-6-15(7-5-14)28-18-9-8-16(12-17(18)22)26-11-10-20(23)24/h4-10,12H,11,13H2,1-3H3. The number of halogens is 3. The number of carbonyl (C=O) groups excluding carboxylic acids is 1. The topological polar surface area (TPSA) is 44.8 Å². The zero-order valence-electron chi connectivity index (χ0n) is 15.8. The second kappa shape index (κ2) is 10.1. The van der Waals surface area contributed by atoms with Crippen LogP contribution in [0.5, 0.6) is 23.0 Å². The summed E-state index contributed by atoms with van der Waals surface area (Å²) in [6.45, 7) is 5.84. The summed E-state index contributed by atoms with van der Waals surface area (Å²) >= 11 is 17.3. The van der Waals surface area contributed by atoms with Crippen LogP contribution in [-0.4, -0.2) is 19.0 Å². The maximum atomic E-state index is 11.9. The van der Waals surface area contributed by atoms with Crippen molar-refractivity contribution >= 4 is 40.6 Å². The minimum absolute atomic E-state index is 0.0289. The molecule has 0 N–H and O–H groups in total. The Balaban J connectivity index is 1.94. The van der Waals surface area contributed by atoms with Gasteiger partial charge in [-0.15, -0.1) is 0 Å². The normalized spacial score (nSPS) is 10.9. The third-order valence-corrected chi connectivity index (χ3v) is 4.25. The molecule has 0 aromatic heterocycles. The molecular weight excluding hydrogens is 423 g/mol. The molecule has 2 aromatic carbocycles. The van der Waals surface area contributed by atoms with Gasteiger partial charge in [0.25, 0.3) is 0 Å². The molecule has 0 spiro atoms. The minimum Gasteiger partial charge on any atom is -0.489 e. The Morgan fingerprint density at radius 1 is 0.964 bits per heavy atom. The van der Waals surface area contributed by atoms with E-state index in [-0.39, 0.29) is 23.5 Å². The van der Waals surface area contributed by atoms with Gasteiger partial charge in [0, 0.05) is 11.5 Å². The smallest absolute Gasteiger partial charge is 0.175 e. The lowest BCUT2D eigenvalue weighted by Crippen LogP contribution is -2.26. The highest BCUT2D eigenvalue weighted by Gasteiger charge is 2.21. The number of benzene rings is 2. The molecule has 0 aliphatic rings. The SMILES string of the molecule is CC(C)(C)C(=O)COc1ccc(Oc2ccc(OCC=C(Cl)Cl)cc2Cl)cc1. The molecular formula is C21H21Cl3O4. The fourth-order valence-corrected chi connectivity index (χ4v) is 2.29. The van der Waals surface area contributed by atoms with Crippen LogP contribution in [0.1, 0.15) is 20.8 Å². The van der Waals surface area contributed by atoms with E-state index < -0.39 is 5.41 Å². The molecule has 0 amide bonds. The molecule has 0 fully saturated rings. The van der Waals surface area contributed by atoms with Gasteiger partial charge in [-0.3, -0.25) is 4.79 Å². The Bertz CT molecular complexity index is 836. The largest absolute Gasteiger partial charge is 0.489 e. The summed E-state index contributed by atoms with van der Waals surface area (Å²) in [7, 11) is 0. The summed E-state index contributed by atoms with van der Waals surface area (Å²) in [5, 5.41) is 0.398. The van der Waals surface area contributed by atoms with Crippen molar-refractivity contribution in [2.24, 2.45) is 5.41 Å². The van der Waals surface area contributed by atoms with Crippen LogP contribution in [0.4, 0.5) is 0 Å². The minimum atomic E-state index is -0.428. The fourth-order valence-electron chi connectivity index (χ4n) is 1.95. The van der Waals surface area contributed by atoms with Crippen LogP contribution in [0.15, 0.2) is 53.0 Å². The van der Waals surface area contributed by atoms with E-state index in [0.717, 1.165) is 0 Å². The molecule has 0 heterocycles. The Morgan fingerprint density at radius 3 is 2.14 bits per heavy atom. The van der Waals surface area contributed by atoms with Gasteiger partial charge in [-0.2, -0.15) is 0 Å². The first kappa shape index (κ1) is 22.4. The summed E-state index contributed by atoms with van der Waals surface area (Å²) in [5.74, 6) is 2.26. The number of hydrogen-bond acceptors (Lipinski definition) is 4. The molecule has 4 nitrogen and oxygen atoms in total. The highest BCUT2D eigenvalue weighted by Crippen LogP contribution is 2.33. The Labute approximate surface area is 179 Å². The van der Waals surface area contributed by atoms with Crippen LogP contribution in [0, 0.1) is 5.41 Å². The van der Waals surface area contributed by atoms with Crippen molar-refractivity contribution in [2.45, 2.75) is 20.8 Å². The van der Waals surface area contributed by atoms with Gasteiger partial charge in [0.2, 0.25) is 0 Å². The zero-order chi connectivity index (χ0) is 20.7. The molecule has 150 valence electrons. The van der Waals surface area contributed by atoms with Crippen LogP contribution in [0.2, 0.25) is 5.02 Å². The van der Waals surface area contributed by atoms with Gasteiger partial charge in [-0.1, -0.05) is 55.6 Å². The van der Waals surface area contributed by atoms with Crippen LogP contribution >= 0.6 is 34.8 Å². The van der Waals surface area contributed by atoms with Crippen LogP contribution in [0.3, 0.4) is 0 Å². The predicted molar refractivity (Wildman–Crippen MR) is 113 cm³/mol. The van der Waals surface area contributed by atoms with Gasteiger partial charge in [0.15, 0.2) is 5.78 Å². The monoisotopic (exact) mass is 442 g/mol. The Kier molecular flexibility index (Phi) is 8.05. The van der Waals surface area contributed by atoms with E-state index in [1.54, 1.807) is 42.5 Å². The average molecular weight is 444 g/mol. The van der Waals surface area contributed by atoms with Gasteiger partial charge >= 0.3 is 0 Å². The summed E-state index contributed by atoms with van der Waals surface area (Å²) in [4.78, 5) is 11.9. The van der Waals surface area contributed by atoms with Crippen molar-refractivity contribution < 1.29 is 19.0 Å². The van der Waals surface area contributed by atoms with Crippen LogP contribution < -0.4 is 14.2 Å². The van der Waals surface area contributed by atoms with Crippen LogP contribution in [0.25, 0.3) is 0 Å². The summed E-state index contributed by atoms with van der Waals surface area (Å²) in [6, 6.07) is 12.0. The molecule has 28 heavy (non-hydrogen) atoms. The third kappa shape index (κ3) is 7.27. The summed E-state index contributed by atoms with van der Waals surface area (Å²) < 4.78 is 16.9. The van der Waals surface area contributed by atoms with Crippen molar-refractivity contribution in [2.75, 3.05) is 13.2 Å². The van der Waals surface area contributed by atoms with E-state index in [0.29, 0.717) is 28.0 Å². The average Bonchev–Trinajstić information content (AvgIpc) is 2.62. The van der Waals surface area contributed by atoms with Gasteiger partial charge < -0.3 is 14.2 Å². The van der Waals surface area contributed by atoms with Gasteiger partial charge in [0.1, 0.15) is 40.7 Å². The van der Waals surface area contributed by atoms with E-state index in [9.17, 15) is 4.79 Å². The molecule has 0 aliphatic carbocycles. The van der Waals surface area contributed by atoms with Crippen molar-refractivity contribution in [3.8, 4) is 23.0 Å². The van der Waals surface area contributed by atoms with E-state index in [4.69, 9.17) is 49.0 Å². The molecule has 0 aliphatic heterocycles. The zero-order valence-corrected chi connectivity index (χ0v) is 18.1. The van der Waals surface area contributed by atoms with Gasteiger partial charge in [0.05, 0.1) is 5.02 Å². The molecule has 0 saturated carbocycles. The van der Waals surface area contributed by atoms with Gasteiger partial charge in [-0.25, -0.2) is 0 Å². The predicted octanol–water partition coefficient (Wildman–Crippen LogP) is 6.82. The van der Waals surface area contributed by atoms with E-state index in [1.807, 2.05) is 20.8 Å². The Hall–Kier alpha value is -1.88. The molecule has 0 atom stereocenters. The second-order valence-corrected chi connectivity index (χ2v) is 8.35. The summed E-state index contributed by atoms with van der Waals surface area (Å²) in [6.07, 6.45) is 1.53. The molecule has 0 unspecified atom stereocenters. The first-order valence-corrected chi connectivity index (χ1v) is 9.66. The molecule has 2 aromatic rings. The highest BCUT2D eigenvalue weighted by atomic mass is 35.5. The molecule has 2 rings (SSSR count). The lowest BCUT2D eigenvalue weighted by molar-refractivity contribution is -0.128. The lowest BCUT2D eigenvalue weighted by atomic mass is 9.91. The lowest BCUT2D eigenvalue weighted by Gasteiger charge is -2.16. The first-order chi connectivity index (χ1) is 13.1. The molecule has 0 saturated heterocycles. The third-order valence-electron chi connectivity index (χ3n) is 3.65. The van der Waals surface area contributed by atoms with E-state index in [2.05, 4.69) is 0 Å². The second-order valence-electron chi connectivity index (χ2n) is 6.93. The first-order valence-electron chi connectivity index (χ1n) is 8.52. The Morgan fingerprint density at radius 2 is 1.57 bits per heavy atom.